The number of allylic oxidation sites excluding steroid dienone is 2. The van der Waals surface area contributed by atoms with E-state index in [1.54, 1.807) is 0 Å². The van der Waals surface area contributed by atoms with Crippen LogP contribution in [-0.2, 0) is 0 Å². The first-order chi connectivity index (χ1) is 8.81. The molecule has 0 aromatic carbocycles. The van der Waals surface area contributed by atoms with Crippen molar-refractivity contribution in [3.05, 3.63) is 11.6 Å². The van der Waals surface area contributed by atoms with Gasteiger partial charge in [0.25, 0.3) is 0 Å². The lowest BCUT2D eigenvalue weighted by Gasteiger charge is -2.03. The third kappa shape index (κ3) is 14.1. The minimum Gasteiger partial charge on any atom is -0.126 e. The van der Waals surface area contributed by atoms with Gasteiger partial charge >= 0.3 is 0 Å². The molecular weight excluding hydrogens is 240 g/mol. The molecule has 18 heavy (non-hydrogen) atoms. The molecule has 0 atom stereocenters. The molecule has 0 radical (unpaired) electrons. The van der Waals surface area contributed by atoms with Crippen LogP contribution in [0.25, 0.3) is 0 Å². The topological polar surface area (TPSA) is 0 Å². The Balaban J connectivity index is 3.11. The van der Waals surface area contributed by atoms with Gasteiger partial charge in [0.2, 0.25) is 0 Å². The van der Waals surface area contributed by atoms with Gasteiger partial charge in [0, 0.05) is 5.88 Å². The molecule has 0 saturated carbocycles. The van der Waals surface area contributed by atoms with Crippen LogP contribution in [0, 0.1) is 0 Å². The zero-order valence-corrected chi connectivity index (χ0v) is 13.4. The van der Waals surface area contributed by atoms with E-state index in [9.17, 15) is 0 Å². The monoisotopic (exact) mass is 272 g/mol. The predicted molar refractivity (Wildman–Crippen MR) is 85.6 cm³/mol. The van der Waals surface area contributed by atoms with Crippen molar-refractivity contribution in [3.8, 4) is 0 Å². The molecule has 0 aliphatic carbocycles. The lowest BCUT2D eigenvalue weighted by atomic mass is 10.0. The van der Waals surface area contributed by atoms with E-state index in [4.69, 9.17) is 11.6 Å². The van der Waals surface area contributed by atoms with Crippen molar-refractivity contribution in [1.29, 1.82) is 0 Å². The Morgan fingerprint density at radius 1 is 0.833 bits per heavy atom. The lowest BCUT2D eigenvalue weighted by Crippen LogP contribution is -1.83. The highest BCUT2D eigenvalue weighted by atomic mass is 35.5. The minimum absolute atomic E-state index is 0.759. The molecule has 0 aromatic rings. The van der Waals surface area contributed by atoms with Crippen molar-refractivity contribution in [3.63, 3.8) is 0 Å². The van der Waals surface area contributed by atoms with Crippen LogP contribution in [0.4, 0.5) is 0 Å². The highest BCUT2D eigenvalue weighted by molar-refractivity contribution is 6.17. The second-order valence-corrected chi connectivity index (χ2v) is 5.84. The fourth-order valence-corrected chi connectivity index (χ4v) is 2.40. The van der Waals surface area contributed by atoms with E-state index in [2.05, 4.69) is 19.9 Å². The Bertz CT molecular complexity index is 184. The second kappa shape index (κ2) is 15.1. The van der Waals surface area contributed by atoms with Gasteiger partial charge in [-0.3, -0.25) is 0 Å². The Morgan fingerprint density at radius 2 is 1.33 bits per heavy atom. The first-order valence-corrected chi connectivity index (χ1v) is 8.56. The molecule has 0 aliphatic rings. The van der Waals surface area contributed by atoms with Crippen LogP contribution >= 0.6 is 11.6 Å². The van der Waals surface area contributed by atoms with E-state index in [1.807, 2.05) is 0 Å². The summed E-state index contributed by atoms with van der Waals surface area (Å²) in [7, 11) is 0. The van der Waals surface area contributed by atoms with Crippen LogP contribution in [0.15, 0.2) is 11.6 Å². The molecule has 0 unspecified atom stereocenters. The molecule has 0 nitrogen and oxygen atoms in total. The molecular formula is C17H33Cl. The van der Waals surface area contributed by atoms with Gasteiger partial charge in [0.15, 0.2) is 0 Å². The van der Waals surface area contributed by atoms with Crippen LogP contribution in [0.2, 0.25) is 0 Å². The first kappa shape index (κ1) is 18.0. The highest BCUT2D eigenvalue weighted by Crippen LogP contribution is 2.13. The van der Waals surface area contributed by atoms with E-state index in [0.29, 0.717) is 0 Å². The van der Waals surface area contributed by atoms with E-state index in [-0.39, 0.29) is 0 Å². The van der Waals surface area contributed by atoms with Crippen molar-refractivity contribution in [2.45, 2.75) is 90.9 Å². The average molecular weight is 273 g/mol. The smallest absolute Gasteiger partial charge is 0.0258 e. The van der Waals surface area contributed by atoms with Crippen molar-refractivity contribution < 1.29 is 0 Å². The van der Waals surface area contributed by atoms with E-state index < -0.39 is 0 Å². The maximum Gasteiger partial charge on any atom is 0.0258 e. The third-order valence-electron chi connectivity index (χ3n) is 3.53. The summed E-state index contributed by atoms with van der Waals surface area (Å²) in [6, 6.07) is 0. The Labute approximate surface area is 120 Å². The van der Waals surface area contributed by atoms with E-state index in [1.165, 1.54) is 76.2 Å². The molecule has 0 fully saturated rings. The van der Waals surface area contributed by atoms with Crippen molar-refractivity contribution in [2.75, 3.05) is 5.88 Å². The SMILES string of the molecule is CCCCCCCCCCCCC(C)=CCCCl. The minimum atomic E-state index is 0.759. The average Bonchev–Trinajstić information content (AvgIpc) is 2.38. The van der Waals surface area contributed by atoms with Gasteiger partial charge in [-0.2, -0.15) is 0 Å². The van der Waals surface area contributed by atoms with Crippen molar-refractivity contribution in [2.24, 2.45) is 0 Å². The summed E-state index contributed by atoms with van der Waals surface area (Å²) < 4.78 is 0. The molecule has 0 N–H and O–H groups in total. The molecule has 0 aliphatic heterocycles. The molecule has 0 bridgehead atoms. The summed E-state index contributed by atoms with van der Waals surface area (Å²) in [6.07, 6.45) is 18.8. The summed E-state index contributed by atoms with van der Waals surface area (Å²) in [4.78, 5) is 0. The van der Waals surface area contributed by atoms with E-state index >= 15 is 0 Å². The summed E-state index contributed by atoms with van der Waals surface area (Å²) in [5.41, 5.74) is 1.52. The fraction of sp³-hybridized carbons (Fsp3) is 0.882. The van der Waals surface area contributed by atoms with Crippen LogP contribution in [0.5, 0.6) is 0 Å². The van der Waals surface area contributed by atoms with Gasteiger partial charge in [-0.1, -0.05) is 76.4 Å². The quantitative estimate of drug-likeness (QED) is 0.195. The largest absolute Gasteiger partial charge is 0.126 e. The molecule has 0 heterocycles. The Hall–Kier alpha value is 0.0300. The van der Waals surface area contributed by atoms with Gasteiger partial charge in [-0.15, -0.1) is 11.6 Å². The van der Waals surface area contributed by atoms with Crippen LogP contribution in [-0.4, -0.2) is 5.88 Å². The summed E-state index contributed by atoms with van der Waals surface area (Å²) >= 11 is 5.66. The molecule has 1 heteroatoms. The number of hydrogen-bond donors (Lipinski definition) is 0. The predicted octanol–water partition coefficient (Wildman–Crippen LogP) is 6.87. The molecule has 0 aromatic heterocycles. The molecule has 0 amide bonds. The fourth-order valence-electron chi connectivity index (χ4n) is 2.29. The Morgan fingerprint density at radius 3 is 1.83 bits per heavy atom. The van der Waals surface area contributed by atoms with Gasteiger partial charge in [-0.05, 0) is 26.2 Å². The molecule has 0 saturated heterocycles. The van der Waals surface area contributed by atoms with Crippen LogP contribution in [0.3, 0.4) is 0 Å². The summed E-state index contributed by atoms with van der Waals surface area (Å²) in [5.74, 6) is 0.759. The van der Waals surface area contributed by atoms with Gasteiger partial charge in [0.05, 0.1) is 0 Å². The molecule has 0 spiro atoms. The maximum absolute atomic E-state index is 5.66. The second-order valence-electron chi connectivity index (χ2n) is 5.46. The normalized spacial score (nSPS) is 12.1. The van der Waals surface area contributed by atoms with Crippen LogP contribution < -0.4 is 0 Å². The molecule has 0 rings (SSSR count). The maximum atomic E-state index is 5.66. The number of unbranched alkanes of at least 4 members (excludes halogenated alkanes) is 9. The zero-order valence-electron chi connectivity index (χ0n) is 12.6. The first-order valence-electron chi connectivity index (χ1n) is 8.02. The standard InChI is InChI=1S/C17H33Cl/c1-3-4-5-6-7-8-9-10-11-12-14-17(2)15-13-16-18/h15H,3-14,16H2,1-2H3. The highest BCUT2D eigenvalue weighted by Gasteiger charge is 1.94. The summed E-state index contributed by atoms with van der Waals surface area (Å²) in [6.45, 7) is 4.52. The number of hydrogen-bond acceptors (Lipinski definition) is 0. The van der Waals surface area contributed by atoms with Gasteiger partial charge < -0.3 is 0 Å². The van der Waals surface area contributed by atoms with Crippen LogP contribution in [0.1, 0.15) is 90.9 Å². The zero-order chi connectivity index (χ0) is 13.5. The van der Waals surface area contributed by atoms with Gasteiger partial charge in [0.1, 0.15) is 0 Å². The summed E-state index contributed by atoms with van der Waals surface area (Å²) in [5, 5.41) is 0. The van der Waals surface area contributed by atoms with E-state index in [0.717, 1.165) is 12.3 Å². The number of alkyl halides is 1. The van der Waals surface area contributed by atoms with Gasteiger partial charge in [-0.25, -0.2) is 0 Å². The lowest BCUT2D eigenvalue weighted by molar-refractivity contribution is 0.556. The van der Waals surface area contributed by atoms with Crippen molar-refractivity contribution in [1.82, 2.24) is 0 Å². The molecule has 108 valence electrons. The number of halogens is 1. The number of rotatable bonds is 13. The third-order valence-corrected chi connectivity index (χ3v) is 3.74. The van der Waals surface area contributed by atoms with Crippen molar-refractivity contribution >= 4 is 11.6 Å². The Kier molecular flexibility index (Phi) is 15.1.